The van der Waals surface area contributed by atoms with E-state index in [2.05, 4.69) is 23.5 Å². The summed E-state index contributed by atoms with van der Waals surface area (Å²) in [6.45, 7) is 8.14. The van der Waals surface area contributed by atoms with Crippen LogP contribution in [0.15, 0.2) is 54.6 Å². The lowest BCUT2D eigenvalue weighted by molar-refractivity contribution is -0.142. The maximum Gasteiger partial charge on any atom is 0.408 e. The predicted molar refractivity (Wildman–Crippen MR) is 167 cm³/mol. The zero-order valence-corrected chi connectivity index (χ0v) is 25.9. The van der Waals surface area contributed by atoms with Crippen LogP contribution in [0.3, 0.4) is 0 Å². The van der Waals surface area contributed by atoms with Crippen molar-refractivity contribution in [3.8, 4) is 12.3 Å². The highest BCUT2D eigenvalue weighted by atomic mass is 32.2. The number of rotatable bonds is 15. The van der Waals surface area contributed by atoms with Gasteiger partial charge in [-0.1, -0.05) is 74.6 Å². The van der Waals surface area contributed by atoms with E-state index in [-0.39, 0.29) is 11.8 Å². The van der Waals surface area contributed by atoms with E-state index in [1.165, 1.54) is 0 Å². The van der Waals surface area contributed by atoms with Crippen molar-refractivity contribution in [2.24, 2.45) is 0 Å². The molecule has 2 unspecified atom stereocenters. The van der Waals surface area contributed by atoms with Crippen molar-refractivity contribution in [3.05, 3.63) is 71.3 Å². The van der Waals surface area contributed by atoms with Gasteiger partial charge in [-0.2, -0.15) is 11.8 Å². The number of nitrogens with one attached hydrogen (secondary N) is 2. The molecule has 0 saturated heterocycles. The van der Waals surface area contributed by atoms with Crippen LogP contribution in [0.1, 0.15) is 82.5 Å². The topological polar surface area (TPSA) is 87.7 Å². The van der Waals surface area contributed by atoms with E-state index >= 15 is 0 Å². The predicted octanol–water partition coefficient (Wildman–Crippen LogP) is 6.08. The first-order valence-electron chi connectivity index (χ1n) is 14.3. The van der Waals surface area contributed by atoms with Crippen molar-refractivity contribution < 1.29 is 19.1 Å². The Balaban J connectivity index is 2.47. The molecular weight excluding hydrogens is 534 g/mol. The number of terminal acetylenes is 1. The fourth-order valence-electron chi connectivity index (χ4n) is 4.33. The number of amides is 3. The molecule has 2 aromatic rings. The van der Waals surface area contributed by atoms with Crippen LogP contribution >= 0.6 is 11.8 Å². The van der Waals surface area contributed by atoms with Crippen LogP contribution in [0.25, 0.3) is 0 Å². The van der Waals surface area contributed by atoms with Gasteiger partial charge in [-0.15, -0.1) is 6.42 Å². The molecule has 0 fully saturated rings. The van der Waals surface area contributed by atoms with E-state index in [4.69, 9.17) is 11.2 Å². The number of unbranched alkanes of at least 4 members (excludes halogenated alkanes) is 3. The molecule has 0 bridgehead atoms. The fraction of sp³-hybridized carbons (Fsp3) is 0.485. The van der Waals surface area contributed by atoms with Crippen LogP contribution in [0.4, 0.5) is 4.79 Å². The Kier molecular flexibility index (Phi) is 14.3. The highest BCUT2D eigenvalue weighted by Gasteiger charge is 2.36. The molecule has 222 valence electrons. The van der Waals surface area contributed by atoms with Gasteiger partial charge in [-0.3, -0.25) is 9.59 Å². The van der Waals surface area contributed by atoms with E-state index in [0.29, 0.717) is 36.4 Å². The van der Waals surface area contributed by atoms with Crippen molar-refractivity contribution in [2.45, 2.75) is 84.0 Å². The summed E-state index contributed by atoms with van der Waals surface area (Å²) >= 11 is 1.58. The normalized spacial score (nSPS) is 12.5. The molecule has 2 atom stereocenters. The lowest BCUT2D eigenvalue weighted by Gasteiger charge is -2.34. The molecule has 0 heterocycles. The van der Waals surface area contributed by atoms with Gasteiger partial charge >= 0.3 is 6.09 Å². The summed E-state index contributed by atoms with van der Waals surface area (Å²) in [6.07, 6.45) is 11.0. The molecule has 0 aliphatic rings. The molecule has 0 aliphatic heterocycles. The number of hydrogen-bond donors (Lipinski definition) is 2. The lowest BCUT2D eigenvalue weighted by Crippen LogP contribution is -2.53. The molecule has 0 saturated carbocycles. The Morgan fingerprint density at radius 1 is 1.02 bits per heavy atom. The first-order chi connectivity index (χ1) is 19.6. The van der Waals surface area contributed by atoms with Crippen molar-refractivity contribution >= 4 is 29.7 Å². The average Bonchev–Trinajstić information content (AvgIpc) is 2.95. The summed E-state index contributed by atoms with van der Waals surface area (Å²) in [5.41, 5.74) is 1.57. The van der Waals surface area contributed by atoms with Gasteiger partial charge in [0.15, 0.2) is 0 Å². The molecule has 2 rings (SSSR count). The second kappa shape index (κ2) is 17.4. The SMILES string of the molecule is C#Cc1ccc(C(C(=O)NCc2ccccc2)N(CCCCCC)C(=O)C(CCSC)NC(=O)OC(C)(C)C)cc1. The van der Waals surface area contributed by atoms with Gasteiger partial charge in [-0.25, -0.2) is 4.79 Å². The summed E-state index contributed by atoms with van der Waals surface area (Å²) in [5.74, 6) is 2.64. The number of benzene rings is 2. The monoisotopic (exact) mass is 579 g/mol. The number of nitrogens with zero attached hydrogens (tertiary/aromatic N) is 1. The van der Waals surface area contributed by atoms with Gasteiger partial charge in [-0.05, 0) is 68.9 Å². The molecule has 2 aromatic carbocycles. The zero-order chi connectivity index (χ0) is 30.3. The molecule has 7 nitrogen and oxygen atoms in total. The maximum absolute atomic E-state index is 14.3. The van der Waals surface area contributed by atoms with Gasteiger partial charge in [0.1, 0.15) is 17.7 Å². The number of carbonyl (C=O) groups is 3. The number of ether oxygens (including phenoxy) is 1. The third-order valence-electron chi connectivity index (χ3n) is 6.40. The first-order valence-corrected chi connectivity index (χ1v) is 15.7. The number of carbonyl (C=O) groups excluding carboxylic acids is 3. The Bertz CT molecular complexity index is 1140. The molecule has 0 aromatic heterocycles. The molecule has 8 heteroatoms. The highest BCUT2D eigenvalue weighted by Crippen LogP contribution is 2.25. The van der Waals surface area contributed by atoms with E-state index in [1.54, 1.807) is 61.7 Å². The molecule has 0 aliphatic carbocycles. The van der Waals surface area contributed by atoms with Crippen molar-refractivity contribution in [2.75, 3.05) is 18.6 Å². The third kappa shape index (κ3) is 11.9. The van der Waals surface area contributed by atoms with Crippen molar-refractivity contribution in [3.63, 3.8) is 0 Å². The summed E-state index contributed by atoms with van der Waals surface area (Å²) in [4.78, 5) is 42.5. The molecule has 41 heavy (non-hydrogen) atoms. The van der Waals surface area contributed by atoms with Crippen LogP contribution in [0.5, 0.6) is 0 Å². The fourth-order valence-corrected chi connectivity index (χ4v) is 4.81. The summed E-state index contributed by atoms with van der Waals surface area (Å²) in [6, 6.07) is 15.0. The maximum atomic E-state index is 14.3. The standard InChI is InChI=1S/C33H45N3O4S/c1-7-9-10-14-22-36(31(38)28(21-23-41-6)35-32(39)40-33(3,4)5)29(27-19-17-25(8-2)18-20-27)30(37)34-24-26-15-12-11-13-16-26/h2,11-13,15-20,28-29H,7,9-10,14,21-24H2,1,3-6H3,(H,34,37)(H,35,39). The Hall–Kier alpha value is -3.44. The Labute approximate surface area is 250 Å². The van der Waals surface area contributed by atoms with Gasteiger partial charge in [0.25, 0.3) is 0 Å². The molecule has 0 spiro atoms. The zero-order valence-electron chi connectivity index (χ0n) is 25.1. The minimum absolute atomic E-state index is 0.299. The van der Waals surface area contributed by atoms with Gasteiger partial charge < -0.3 is 20.3 Å². The largest absolute Gasteiger partial charge is 0.444 e. The van der Waals surface area contributed by atoms with Crippen LogP contribution in [0, 0.1) is 12.3 Å². The van der Waals surface area contributed by atoms with E-state index in [9.17, 15) is 14.4 Å². The lowest BCUT2D eigenvalue weighted by atomic mass is 10.00. The van der Waals surface area contributed by atoms with Gasteiger partial charge in [0.2, 0.25) is 11.8 Å². The van der Waals surface area contributed by atoms with Crippen LogP contribution in [-0.2, 0) is 20.9 Å². The summed E-state index contributed by atoms with van der Waals surface area (Å²) in [7, 11) is 0. The second-order valence-corrected chi connectivity index (χ2v) is 11.9. The minimum Gasteiger partial charge on any atom is -0.444 e. The van der Waals surface area contributed by atoms with E-state index in [1.807, 2.05) is 36.6 Å². The second-order valence-electron chi connectivity index (χ2n) is 10.9. The van der Waals surface area contributed by atoms with E-state index in [0.717, 1.165) is 31.2 Å². The van der Waals surface area contributed by atoms with Crippen LogP contribution in [-0.4, -0.2) is 53.0 Å². The minimum atomic E-state index is -0.906. The molecule has 2 N–H and O–H groups in total. The number of hydrogen-bond acceptors (Lipinski definition) is 5. The number of thioether (sulfide) groups is 1. The number of alkyl carbamates (subject to hydrolysis) is 1. The molecular formula is C33H45N3O4S. The Morgan fingerprint density at radius 2 is 1.71 bits per heavy atom. The van der Waals surface area contributed by atoms with Gasteiger partial charge in [0.05, 0.1) is 0 Å². The summed E-state index contributed by atoms with van der Waals surface area (Å²) < 4.78 is 5.47. The van der Waals surface area contributed by atoms with Crippen LogP contribution in [0.2, 0.25) is 0 Å². The first kappa shape index (κ1) is 33.8. The van der Waals surface area contributed by atoms with Crippen molar-refractivity contribution in [1.29, 1.82) is 0 Å². The third-order valence-corrected chi connectivity index (χ3v) is 7.04. The smallest absolute Gasteiger partial charge is 0.408 e. The Morgan fingerprint density at radius 3 is 2.29 bits per heavy atom. The van der Waals surface area contributed by atoms with Gasteiger partial charge in [0, 0.05) is 18.7 Å². The van der Waals surface area contributed by atoms with E-state index < -0.39 is 23.8 Å². The average molecular weight is 580 g/mol. The quantitative estimate of drug-likeness (QED) is 0.197. The van der Waals surface area contributed by atoms with Crippen LogP contribution < -0.4 is 10.6 Å². The molecule has 0 radical (unpaired) electrons. The van der Waals surface area contributed by atoms with Crippen molar-refractivity contribution in [1.82, 2.24) is 15.5 Å². The summed E-state index contributed by atoms with van der Waals surface area (Å²) in [5, 5.41) is 5.82. The highest BCUT2D eigenvalue weighted by molar-refractivity contribution is 7.98. The molecule has 3 amide bonds.